The summed E-state index contributed by atoms with van der Waals surface area (Å²) in [7, 11) is 0. The maximum Gasteiger partial charge on any atom is 0.243 e. The van der Waals surface area contributed by atoms with Gasteiger partial charge >= 0.3 is 0 Å². The van der Waals surface area contributed by atoms with Gasteiger partial charge in [0.2, 0.25) is 17.8 Å². The van der Waals surface area contributed by atoms with Crippen LogP contribution in [0.25, 0.3) is 0 Å². The molecular formula is C14H25N7. The van der Waals surface area contributed by atoms with Crippen molar-refractivity contribution in [3.05, 3.63) is 0 Å². The van der Waals surface area contributed by atoms with Crippen LogP contribution in [0.3, 0.4) is 0 Å². The molecule has 1 aliphatic carbocycles. The van der Waals surface area contributed by atoms with Gasteiger partial charge in [-0.3, -0.25) is 5.43 Å². The normalized spacial score (nSPS) is 19.9. The van der Waals surface area contributed by atoms with E-state index in [-0.39, 0.29) is 0 Å². The van der Waals surface area contributed by atoms with Crippen molar-refractivity contribution in [2.45, 2.75) is 39.5 Å². The Balaban J connectivity index is 1.73. The van der Waals surface area contributed by atoms with Gasteiger partial charge in [0.25, 0.3) is 0 Å². The zero-order valence-electron chi connectivity index (χ0n) is 12.9. The van der Waals surface area contributed by atoms with Crippen LogP contribution in [0.5, 0.6) is 0 Å². The van der Waals surface area contributed by atoms with Gasteiger partial charge in [-0.2, -0.15) is 15.0 Å². The average molecular weight is 291 g/mol. The van der Waals surface area contributed by atoms with E-state index in [2.05, 4.69) is 44.4 Å². The smallest absolute Gasteiger partial charge is 0.243 e. The van der Waals surface area contributed by atoms with Crippen molar-refractivity contribution in [2.75, 3.05) is 35.3 Å². The molecule has 0 radical (unpaired) electrons. The molecule has 4 N–H and O–H groups in total. The van der Waals surface area contributed by atoms with Crippen LogP contribution in [0.2, 0.25) is 0 Å². The average Bonchev–Trinajstić information content (AvgIpc) is 3.09. The molecule has 7 heteroatoms. The fourth-order valence-corrected chi connectivity index (χ4v) is 2.94. The van der Waals surface area contributed by atoms with Crippen LogP contribution in [-0.2, 0) is 0 Å². The largest absolute Gasteiger partial charge is 0.353 e. The number of nitrogen functional groups attached to an aromatic ring is 1. The van der Waals surface area contributed by atoms with Gasteiger partial charge < -0.3 is 10.2 Å². The molecule has 116 valence electrons. The fraction of sp³-hybridized carbons (Fsp3) is 0.786. The van der Waals surface area contributed by atoms with E-state index in [1.54, 1.807) is 0 Å². The summed E-state index contributed by atoms with van der Waals surface area (Å²) in [6.07, 6.45) is 4.94. The number of nitrogens with one attached hydrogen (secondary N) is 2. The molecule has 7 nitrogen and oxygen atoms in total. The Kier molecular flexibility index (Phi) is 3.84. The summed E-state index contributed by atoms with van der Waals surface area (Å²) in [5.74, 6) is 7.91. The molecule has 0 bridgehead atoms. The van der Waals surface area contributed by atoms with Gasteiger partial charge in [-0.1, -0.05) is 13.8 Å². The first-order chi connectivity index (χ1) is 10.1. The Morgan fingerprint density at radius 1 is 1.14 bits per heavy atom. The molecule has 0 atom stereocenters. The third kappa shape index (κ3) is 3.02. The van der Waals surface area contributed by atoms with E-state index < -0.39 is 0 Å². The predicted molar refractivity (Wildman–Crippen MR) is 84.1 cm³/mol. The highest BCUT2D eigenvalue weighted by molar-refractivity contribution is 5.44. The van der Waals surface area contributed by atoms with Crippen LogP contribution >= 0.6 is 0 Å². The Hall–Kier alpha value is -1.63. The van der Waals surface area contributed by atoms with Crippen LogP contribution in [0, 0.1) is 11.3 Å². The number of rotatable bonds is 6. The maximum atomic E-state index is 5.48. The first kappa shape index (κ1) is 14.3. The van der Waals surface area contributed by atoms with Crippen molar-refractivity contribution in [1.82, 2.24) is 15.0 Å². The summed E-state index contributed by atoms with van der Waals surface area (Å²) in [6, 6.07) is 0. The van der Waals surface area contributed by atoms with E-state index in [0.29, 0.717) is 29.2 Å². The van der Waals surface area contributed by atoms with Gasteiger partial charge in [-0.15, -0.1) is 0 Å². The Bertz CT molecular complexity index is 492. The van der Waals surface area contributed by atoms with Gasteiger partial charge in [-0.05, 0) is 37.0 Å². The van der Waals surface area contributed by atoms with E-state index >= 15 is 0 Å². The second-order valence-corrected chi connectivity index (χ2v) is 6.49. The van der Waals surface area contributed by atoms with Crippen molar-refractivity contribution < 1.29 is 0 Å². The van der Waals surface area contributed by atoms with Crippen molar-refractivity contribution in [1.29, 1.82) is 0 Å². The van der Waals surface area contributed by atoms with Crippen LogP contribution in [0.15, 0.2) is 0 Å². The summed E-state index contributed by atoms with van der Waals surface area (Å²) in [5, 5.41) is 3.38. The van der Waals surface area contributed by atoms with Crippen LogP contribution in [-0.4, -0.2) is 34.6 Å². The monoisotopic (exact) mass is 291 g/mol. The molecule has 2 fully saturated rings. The third-order valence-electron chi connectivity index (χ3n) is 4.86. The number of hydrazine groups is 1. The molecule has 2 heterocycles. The summed E-state index contributed by atoms with van der Waals surface area (Å²) < 4.78 is 0. The van der Waals surface area contributed by atoms with Crippen LogP contribution in [0.4, 0.5) is 17.8 Å². The molecule has 21 heavy (non-hydrogen) atoms. The maximum absolute atomic E-state index is 5.48. The minimum Gasteiger partial charge on any atom is -0.353 e. The second kappa shape index (κ2) is 5.63. The Morgan fingerprint density at radius 2 is 1.81 bits per heavy atom. The lowest BCUT2D eigenvalue weighted by Gasteiger charge is -2.21. The standard InChI is InChI=1S/C14H25N7/c1-10(2)14(5-6-14)9-16-11-17-12(20-15)19-13(18-11)21-7-3-4-8-21/h10H,3-9,15H2,1-2H3,(H2,16,17,18,19,20). The van der Waals surface area contributed by atoms with Gasteiger partial charge in [0.05, 0.1) is 0 Å². The first-order valence-corrected chi connectivity index (χ1v) is 7.84. The predicted octanol–water partition coefficient (Wildman–Crippen LogP) is 1.61. The molecule has 1 aliphatic heterocycles. The Morgan fingerprint density at radius 3 is 2.38 bits per heavy atom. The van der Waals surface area contributed by atoms with Crippen molar-refractivity contribution in [3.63, 3.8) is 0 Å². The molecule has 1 saturated carbocycles. The van der Waals surface area contributed by atoms with Gasteiger partial charge in [0.15, 0.2) is 0 Å². The fourth-order valence-electron chi connectivity index (χ4n) is 2.94. The second-order valence-electron chi connectivity index (χ2n) is 6.49. The highest BCUT2D eigenvalue weighted by Crippen LogP contribution is 2.51. The van der Waals surface area contributed by atoms with Crippen LogP contribution < -0.4 is 21.5 Å². The first-order valence-electron chi connectivity index (χ1n) is 7.84. The minimum atomic E-state index is 0.413. The van der Waals surface area contributed by atoms with Gasteiger partial charge in [0, 0.05) is 19.6 Å². The Labute approximate surface area is 125 Å². The van der Waals surface area contributed by atoms with E-state index in [1.807, 2.05) is 0 Å². The molecular weight excluding hydrogens is 266 g/mol. The van der Waals surface area contributed by atoms with E-state index in [1.165, 1.54) is 25.7 Å². The highest BCUT2D eigenvalue weighted by atomic mass is 15.4. The molecule has 2 aliphatic rings. The molecule has 0 unspecified atom stereocenters. The number of hydrogen-bond donors (Lipinski definition) is 3. The molecule has 1 aromatic rings. The third-order valence-corrected chi connectivity index (χ3v) is 4.86. The lowest BCUT2D eigenvalue weighted by molar-refractivity contribution is 0.379. The zero-order valence-corrected chi connectivity index (χ0v) is 12.9. The summed E-state index contributed by atoms with van der Waals surface area (Å²) >= 11 is 0. The van der Waals surface area contributed by atoms with Crippen molar-refractivity contribution >= 4 is 17.8 Å². The SMILES string of the molecule is CC(C)C1(CNc2nc(NN)nc(N3CCCC3)n2)CC1. The minimum absolute atomic E-state index is 0.413. The molecule has 1 saturated heterocycles. The quantitative estimate of drug-likeness (QED) is 0.541. The molecule has 0 aromatic carbocycles. The lowest BCUT2D eigenvalue weighted by Crippen LogP contribution is -2.25. The summed E-state index contributed by atoms with van der Waals surface area (Å²) in [5.41, 5.74) is 2.95. The molecule has 1 aromatic heterocycles. The molecule has 0 spiro atoms. The van der Waals surface area contributed by atoms with E-state index in [9.17, 15) is 0 Å². The van der Waals surface area contributed by atoms with E-state index in [4.69, 9.17) is 5.84 Å². The number of anilines is 3. The van der Waals surface area contributed by atoms with Gasteiger partial charge in [-0.25, -0.2) is 5.84 Å². The topological polar surface area (TPSA) is 92.0 Å². The summed E-state index contributed by atoms with van der Waals surface area (Å²) in [4.78, 5) is 15.4. The number of hydrogen-bond acceptors (Lipinski definition) is 7. The number of aromatic nitrogens is 3. The van der Waals surface area contributed by atoms with E-state index in [0.717, 1.165) is 19.6 Å². The summed E-state index contributed by atoms with van der Waals surface area (Å²) in [6.45, 7) is 7.49. The van der Waals surface area contributed by atoms with Crippen molar-refractivity contribution in [3.8, 4) is 0 Å². The molecule has 3 rings (SSSR count). The van der Waals surface area contributed by atoms with Crippen LogP contribution in [0.1, 0.15) is 39.5 Å². The number of nitrogens with zero attached hydrogens (tertiary/aromatic N) is 4. The number of nitrogens with two attached hydrogens (primary N) is 1. The lowest BCUT2D eigenvalue weighted by atomic mass is 9.92. The van der Waals surface area contributed by atoms with Crippen molar-refractivity contribution in [2.24, 2.45) is 17.2 Å². The molecule has 0 amide bonds. The van der Waals surface area contributed by atoms with Gasteiger partial charge in [0.1, 0.15) is 0 Å². The highest BCUT2D eigenvalue weighted by Gasteiger charge is 2.45. The zero-order chi connectivity index (χ0) is 14.9.